The number of carbonyl (C=O) groups is 1. The minimum Gasteiger partial charge on any atom is -0.496 e. The Balaban J connectivity index is 2.96. The number of hydrogen-bond donors (Lipinski definition) is 2. The first-order valence-electron chi connectivity index (χ1n) is 6.21. The molecule has 1 aromatic rings. The molecule has 0 radical (unpaired) electrons. The zero-order valence-electron chi connectivity index (χ0n) is 11.9. The molecular formula is C14H21BrN2O2. The molecule has 0 aliphatic heterocycles. The summed E-state index contributed by atoms with van der Waals surface area (Å²) < 4.78 is 6.65. The Kier molecular flexibility index (Phi) is 5.82. The lowest BCUT2D eigenvalue weighted by Crippen LogP contribution is -2.30. The molecule has 5 heteroatoms. The topological polar surface area (TPSA) is 64.3 Å². The molecule has 106 valence electrons. The van der Waals surface area contributed by atoms with Gasteiger partial charge < -0.3 is 15.8 Å². The molecule has 0 saturated carbocycles. The van der Waals surface area contributed by atoms with Crippen molar-refractivity contribution >= 4 is 21.8 Å². The maximum atomic E-state index is 10.7. The number of methoxy groups -OCH3 is 1. The molecule has 0 aliphatic rings. The Morgan fingerprint density at radius 3 is 2.42 bits per heavy atom. The molecule has 0 aliphatic carbocycles. The van der Waals surface area contributed by atoms with E-state index >= 15 is 0 Å². The fourth-order valence-corrected chi connectivity index (χ4v) is 2.68. The molecule has 0 spiro atoms. The highest BCUT2D eigenvalue weighted by atomic mass is 79.9. The molecule has 1 aromatic carbocycles. The van der Waals surface area contributed by atoms with Gasteiger partial charge in [-0.05, 0) is 56.0 Å². The summed E-state index contributed by atoms with van der Waals surface area (Å²) in [5, 5.41) is 3.02. The van der Waals surface area contributed by atoms with Crippen LogP contribution in [-0.4, -0.2) is 26.1 Å². The number of halogens is 1. The van der Waals surface area contributed by atoms with Gasteiger partial charge in [-0.2, -0.15) is 0 Å². The Bertz CT molecular complexity index is 487. The van der Waals surface area contributed by atoms with Gasteiger partial charge in [-0.15, -0.1) is 0 Å². The number of rotatable bonds is 6. The third-order valence-corrected chi connectivity index (χ3v) is 4.53. The van der Waals surface area contributed by atoms with Crippen molar-refractivity contribution in [2.75, 3.05) is 20.2 Å². The van der Waals surface area contributed by atoms with Crippen molar-refractivity contribution in [3.05, 3.63) is 26.7 Å². The van der Waals surface area contributed by atoms with Gasteiger partial charge in [0.25, 0.3) is 0 Å². The van der Waals surface area contributed by atoms with Gasteiger partial charge in [0.05, 0.1) is 13.7 Å². The van der Waals surface area contributed by atoms with Gasteiger partial charge in [-0.25, -0.2) is 0 Å². The number of carbonyl (C=O) groups excluding carboxylic acids is 1. The average molecular weight is 329 g/mol. The van der Waals surface area contributed by atoms with Crippen molar-refractivity contribution in [1.82, 2.24) is 5.32 Å². The third kappa shape index (κ3) is 3.70. The van der Waals surface area contributed by atoms with Gasteiger partial charge in [0.15, 0.2) is 0 Å². The molecule has 0 fully saturated rings. The Hall–Kier alpha value is -1.07. The molecule has 1 amide bonds. The van der Waals surface area contributed by atoms with Crippen molar-refractivity contribution in [3.63, 3.8) is 0 Å². The molecule has 3 N–H and O–H groups in total. The Labute approximate surface area is 122 Å². The number of benzene rings is 1. The predicted octanol–water partition coefficient (Wildman–Crippen LogP) is 2.00. The third-order valence-electron chi connectivity index (χ3n) is 3.34. The average Bonchev–Trinajstić information content (AvgIpc) is 2.37. The fourth-order valence-electron chi connectivity index (χ4n) is 2.15. The zero-order chi connectivity index (χ0) is 14.6. The first kappa shape index (κ1) is 16.0. The molecule has 0 atom stereocenters. The Morgan fingerprint density at radius 2 is 1.89 bits per heavy atom. The van der Waals surface area contributed by atoms with Crippen LogP contribution in [0.4, 0.5) is 0 Å². The number of ether oxygens (including phenoxy) is 1. The molecule has 19 heavy (non-hydrogen) atoms. The maximum absolute atomic E-state index is 10.7. The van der Waals surface area contributed by atoms with Gasteiger partial charge in [-0.1, -0.05) is 15.9 Å². The summed E-state index contributed by atoms with van der Waals surface area (Å²) >= 11 is 3.63. The Morgan fingerprint density at radius 1 is 1.26 bits per heavy atom. The number of primary amides is 1. The SMILES string of the molecule is COc1c(C)c(C)c(Br)c(C)c1CCNCC(N)=O. The summed E-state index contributed by atoms with van der Waals surface area (Å²) in [4.78, 5) is 10.7. The van der Waals surface area contributed by atoms with E-state index in [1.807, 2.05) is 0 Å². The van der Waals surface area contributed by atoms with Crippen molar-refractivity contribution < 1.29 is 9.53 Å². The van der Waals surface area contributed by atoms with Crippen molar-refractivity contribution in [2.45, 2.75) is 27.2 Å². The van der Waals surface area contributed by atoms with E-state index in [0.29, 0.717) is 6.54 Å². The maximum Gasteiger partial charge on any atom is 0.231 e. The van der Waals surface area contributed by atoms with Crippen LogP contribution >= 0.6 is 15.9 Å². The largest absolute Gasteiger partial charge is 0.496 e. The highest BCUT2D eigenvalue weighted by Gasteiger charge is 2.16. The van der Waals surface area contributed by atoms with E-state index in [9.17, 15) is 4.79 Å². The molecule has 0 bridgehead atoms. The lowest BCUT2D eigenvalue weighted by atomic mass is 9.97. The van der Waals surface area contributed by atoms with Gasteiger partial charge in [0.1, 0.15) is 5.75 Å². The number of nitrogens with one attached hydrogen (secondary N) is 1. The monoisotopic (exact) mass is 328 g/mol. The highest BCUT2D eigenvalue weighted by Crippen LogP contribution is 2.36. The number of amides is 1. The summed E-state index contributed by atoms with van der Waals surface area (Å²) in [6.07, 6.45) is 0.794. The van der Waals surface area contributed by atoms with Crippen LogP contribution in [0, 0.1) is 20.8 Å². The van der Waals surface area contributed by atoms with Crippen LogP contribution in [0.25, 0.3) is 0 Å². The summed E-state index contributed by atoms with van der Waals surface area (Å²) in [6.45, 7) is 7.09. The summed E-state index contributed by atoms with van der Waals surface area (Å²) in [7, 11) is 1.69. The van der Waals surface area contributed by atoms with E-state index in [4.69, 9.17) is 10.5 Å². The fraction of sp³-hybridized carbons (Fsp3) is 0.500. The van der Waals surface area contributed by atoms with Crippen LogP contribution in [-0.2, 0) is 11.2 Å². The zero-order valence-corrected chi connectivity index (χ0v) is 13.5. The first-order valence-corrected chi connectivity index (χ1v) is 7.00. The van der Waals surface area contributed by atoms with Gasteiger partial charge in [0.2, 0.25) is 5.91 Å². The lowest BCUT2D eigenvalue weighted by molar-refractivity contribution is -0.117. The van der Waals surface area contributed by atoms with Gasteiger partial charge in [0, 0.05) is 4.47 Å². The second-order valence-corrected chi connectivity index (χ2v) is 5.39. The van der Waals surface area contributed by atoms with Crippen LogP contribution < -0.4 is 15.8 Å². The summed E-state index contributed by atoms with van der Waals surface area (Å²) in [5.74, 6) is 0.587. The molecule has 0 heterocycles. The van der Waals surface area contributed by atoms with Crippen molar-refractivity contribution in [2.24, 2.45) is 5.73 Å². The van der Waals surface area contributed by atoms with Crippen molar-refractivity contribution in [1.29, 1.82) is 0 Å². The van der Waals surface area contributed by atoms with Crippen LogP contribution in [0.15, 0.2) is 4.47 Å². The highest BCUT2D eigenvalue weighted by molar-refractivity contribution is 9.10. The van der Waals surface area contributed by atoms with Gasteiger partial charge in [-0.3, -0.25) is 4.79 Å². The molecule has 1 rings (SSSR count). The van der Waals surface area contributed by atoms with Crippen LogP contribution in [0.2, 0.25) is 0 Å². The van der Waals surface area contributed by atoms with E-state index < -0.39 is 0 Å². The smallest absolute Gasteiger partial charge is 0.231 e. The first-order chi connectivity index (χ1) is 8.90. The molecule has 0 aromatic heterocycles. The van der Waals surface area contributed by atoms with Gasteiger partial charge >= 0.3 is 0 Å². The normalized spacial score (nSPS) is 10.6. The predicted molar refractivity (Wildman–Crippen MR) is 80.7 cm³/mol. The molecule has 0 saturated heterocycles. The number of nitrogens with two attached hydrogens (primary N) is 1. The van der Waals surface area contributed by atoms with Crippen LogP contribution in [0.1, 0.15) is 22.3 Å². The molecular weight excluding hydrogens is 308 g/mol. The summed E-state index contributed by atoms with van der Waals surface area (Å²) in [6, 6.07) is 0. The second kappa shape index (κ2) is 6.91. The standard InChI is InChI=1S/C14H21BrN2O2/c1-8-9(2)14(19-4)11(10(3)13(8)15)5-6-17-7-12(16)18/h17H,5-7H2,1-4H3,(H2,16,18). The van der Waals surface area contributed by atoms with E-state index in [1.165, 1.54) is 11.1 Å². The number of hydrogen-bond acceptors (Lipinski definition) is 3. The van der Waals surface area contributed by atoms with E-state index in [0.717, 1.165) is 27.8 Å². The van der Waals surface area contributed by atoms with Crippen LogP contribution in [0.3, 0.4) is 0 Å². The van der Waals surface area contributed by atoms with Crippen molar-refractivity contribution in [3.8, 4) is 5.75 Å². The van der Waals surface area contributed by atoms with E-state index in [1.54, 1.807) is 7.11 Å². The molecule has 4 nitrogen and oxygen atoms in total. The quantitative estimate of drug-likeness (QED) is 0.785. The van der Waals surface area contributed by atoms with E-state index in [-0.39, 0.29) is 12.5 Å². The second-order valence-electron chi connectivity index (χ2n) is 4.59. The van der Waals surface area contributed by atoms with E-state index in [2.05, 4.69) is 42.0 Å². The minimum atomic E-state index is -0.343. The minimum absolute atomic E-state index is 0.202. The lowest BCUT2D eigenvalue weighted by Gasteiger charge is -2.19. The molecule has 0 unspecified atom stereocenters. The van der Waals surface area contributed by atoms with Crippen LogP contribution in [0.5, 0.6) is 5.75 Å². The summed E-state index contributed by atoms with van der Waals surface area (Å²) in [5.41, 5.74) is 9.78.